The van der Waals surface area contributed by atoms with Crippen LogP contribution < -0.4 is 5.69 Å². The first-order valence-electron chi connectivity index (χ1n) is 4.77. The van der Waals surface area contributed by atoms with Crippen molar-refractivity contribution in [1.29, 1.82) is 0 Å². The Kier molecular flexibility index (Phi) is 3.23. The number of halogens is 2. The van der Waals surface area contributed by atoms with Gasteiger partial charge in [0.1, 0.15) is 0 Å². The average Bonchev–Trinajstić information content (AvgIpc) is 2.52. The molecule has 0 spiro atoms. The van der Waals surface area contributed by atoms with E-state index in [2.05, 4.69) is 10.2 Å². The number of rotatable bonds is 1. The number of hydrogen-bond acceptors (Lipinski definition) is 2. The maximum atomic E-state index is 11.5. The van der Waals surface area contributed by atoms with Crippen LogP contribution in [0.4, 0.5) is 0 Å². The van der Waals surface area contributed by atoms with Crippen LogP contribution in [0.5, 0.6) is 0 Å². The molecule has 1 aliphatic carbocycles. The van der Waals surface area contributed by atoms with Gasteiger partial charge >= 0.3 is 5.69 Å². The summed E-state index contributed by atoms with van der Waals surface area (Å²) >= 11 is 17.1. The number of alkyl halides is 2. The van der Waals surface area contributed by atoms with Crippen molar-refractivity contribution in [2.45, 2.75) is 36.1 Å². The number of aromatic amines is 2. The van der Waals surface area contributed by atoms with Crippen LogP contribution in [0.3, 0.4) is 0 Å². The number of nitrogens with zero attached hydrogens (tertiary/aromatic N) is 1. The fourth-order valence-corrected chi connectivity index (χ4v) is 2.79. The molecule has 0 saturated heterocycles. The Bertz CT molecular complexity index is 424. The maximum Gasteiger partial charge on any atom is 0.342 e. The van der Waals surface area contributed by atoms with Crippen LogP contribution in [0, 0.1) is 4.77 Å². The van der Waals surface area contributed by atoms with Crippen molar-refractivity contribution in [1.82, 2.24) is 14.8 Å². The average molecular weight is 268 g/mol. The normalized spacial score (nSPS) is 31.7. The second-order valence-corrected chi connectivity index (χ2v) is 5.24. The second-order valence-electron chi connectivity index (χ2n) is 3.73. The van der Waals surface area contributed by atoms with Gasteiger partial charge in [0.05, 0.1) is 10.8 Å². The molecule has 1 aromatic heterocycles. The van der Waals surface area contributed by atoms with Gasteiger partial charge in [-0.3, -0.25) is 9.67 Å². The van der Waals surface area contributed by atoms with Crippen molar-refractivity contribution in [3.05, 3.63) is 15.3 Å². The van der Waals surface area contributed by atoms with E-state index in [1.165, 1.54) is 0 Å². The lowest BCUT2D eigenvalue weighted by Crippen LogP contribution is -2.32. The van der Waals surface area contributed by atoms with Gasteiger partial charge in [0.2, 0.25) is 0 Å². The van der Waals surface area contributed by atoms with E-state index in [1.807, 2.05) is 0 Å². The van der Waals surface area contributed by atoms with Crippen molar-refractivity contribution in [2.24, 2.45) is 0 Å². The largest absolute Gasteiger partial charge is 0.342 e. The second kappa shape index (κ2) is 4.31. The molecule has 1 aliphatic rings. The lowest BCUT2D eigenvalue weighted by molar-refractivity contribution is 0.352. The lowest BCUT2D eigenvalue weighted by atomic mass is 9.94. The van der Waals surface area contributed by atoms with E-state index in [1.54, 1.807) is 4.57 Å². The highest BCUT2D eigenvalue weighted by atomic mass is 35.5. The molecule has 1 saturated carbocycles. The van der Waals surface area contributed by atoms with Crippen LogP contribution in [-0.4, -0.2) is 25.5 Å². The maximum absolute atomic E-state index is 11.5. The fourth-order valence-electron chi connectivity index (χ4n) is 1.94. The van der Waals surface area contributed by atoms with Gasteiger partial charge in [-0.15, -0.1) is 23.2 Å². The number of aromatic nitrogens is 3. The SMILES string of the molecule is O=c1[nH][nH]c(=S)n1C1CCC(Cl)C(Cl)C1. The predicted molar refractivity (Wildman–Crippen MR) is 62.4 cm³/mol. The third-order valence-electron chi connectivity index (χ3n) is 2.74. The Balaban J connectivity index is 2.26. The van der Waals surface area contributed by atoms with Crippen LogP contribution in [0.1, 0.15) is 25.3 Å². The Hall–Kier alpha value is -0.260. The molecule has 15 heavy (non-hydrogen) atoms. The van der Waals surface area contributed by atoms with Crippen LogP contribution in [0.25, 0.3) is 0 Å². The Morgan fingerprint density at radius 1 is 1.27 bits per heavy atom. The van der Waals surface area contributed by atoms with Crippen molar-refractivity contribution >= 4 is 35.4 Å². The van der Waals surface area contributed by atoms with Crippen molar-refractivity contribution < 1.29 is 0 Å². The summed E-state index contributed by atoms with van der Waals surface area (Å²) in [6.45, 7) is 0. The van der Waals surface area contributed by atoms with E-state index >= 15 is 0 Å². The van der Waals surface area contributed by atoms with Gasteiger partial charge in [0, 0.05) is 6.04 Å². The van der Waals surface area contributed by atoms with E-state index in [9.17, 15) is 4.79 Å². The van der Waals surface area contributed by atoms with Crippen LogP contribution in [0.15, 0.2) is 4.79 Å². The Morgan fingerprint density at radius 3 is 2.53 bits per heavy atom. The van der Waals surface area contributed by atoms with Gasteiger partial charge in [-0.05, 0) is 31.5 Å². The predicted octanol–water partition coefficient (Wildman–Crippen LogP) is 2.17. The van der Waals surface area contributed by atoms with E-state index < -0.39 is 0 Å². The van der Waals surface area contributed by atoms with E-state index in [4.69, 9.17) is 35.4 Å². The van der Waals surface area contributed by atoms with E-state index in [0.717, 1.165) is 12.8 Å². The first kappa shape index (κ1) is 11.2. The summed E-state index contributed by atoms with van der Waals surface area (Å²) in [5.74, 6) is 0. The highest BCUT2D eigenvalue weighted by molar-refractivity contribution is 7.71. The third kappa shape index (κ3) is 2.14. The summed E-state index contributed by atoms with van der Waals surface area (Å²) < 4.78 is 1.97. The van der Waals surface area contributed by atoms with Gasteiger partial charge in [-0.25, -0.2) is 9.89 Å². The molecule has 3 unspecified atom stereocenters. The fraction of sp³-hybridized carbons (Fsp3) is 0.750. The summed E-state index contributed by atoms with van der Waals surface area (Å²) in [7, 11) is 0. The number of H-pyrrole nitrogens is 2. The molecule has 1 heterocycles. The molecule has 84 valence electrons. The molecule has 0 aliphatic heterocycles. The quantitative estimate of drug-likeness (QED) is 0.606. The minimum atomic E-state index is -0.207. The third-order valence-corrected chi connectivity index (χ3v) is 4.18. The van der Waals surface area contributed by atoms with Gasteiger partial charge in [-0.1, -0.05) is 0 Å². The molecule has 0 aromatic carbocycles. The van der Waals surface area contributed by atoms with Gasteiger partial charge < -0.3 is 0 Å². The summed E-state index contributed by atoms with van der Waals surface area (Å²) in [6.07, 6.45) is 2.34. The summed E-state index contributed by atoms with van der Waals surface area (Å²) in [5.41, 5.74) is -0.207. The summed E-state index contributed by atoms with van der Waals surface area (Å²) in [6, 6.07) is 0.0602. The molecule has 2 rings (SSSR count). The molecule has 1 aromatic rings. The molecular weight excluding hydrogens is 257 g/mol. The van der Waals surface area contributed by atoms with Crippen LogP contribution >= 0.6 is 35.4 Å². The Labute approximate surface area is 102 Å². The number of nitrogens with one attached hydrogen (secondary N) is 2. The molecule has 7 heteroatoms. The minimum Gasteiger partial charge on any atom is -0.272 e. The van der Waals surface area contributed by atoms with Gasteiger partial charge in [0.25, 0.3) is 0 Å². The Morgan fingerprint density at radius 2 is 2.00 bits per heavy atom. The zero-order chi connectivity index (χ0) is 11.0. The summed E-state index contributed by atoms with van der Waals surface area (Å²) in [4.78, 5) is 11.5. The minimum absolute atomic E-state index is 0.00453. The van der Waals surface area contributed by atoms with Crippen LogP contribution in [0.2, 0.25) is 0 Å². The molecule has 0 bridgehead atoms. The van der Waals surface area contributed by atoms with Gasteiger partial charge in [0.15, 0.2) is 4.77 Å². The van der Waals surface area contributed by atoms with Gasteiger partial charge in [-0.2, -0.15) is 0 Å². The lowest BCUT2D eigenvalue weighted by Gasteiger charge is -2.29. The topological polar surface area (TPSA) is 53.6 Å². The molecule has 1 fully saturated rings. The van der Waals surface area contributed by atoms with Crippen molar-refractivity contribution in [3.8, 4) is 0 Å². The monoisotopic (exact) mass is 267 g/mol. The van der Waals surface area contributed by atoms with Crippen molar-refractivity contribution in [2.75, 3.05) is 0 Å². The van der Waals surface area contributed by atoms with E-state index in [0.29, 0.717) is 11.2 Å². The summed E-state index contributed by atoms with van der Waals surface area (Å²) in [5, 5.41) is 4.99. The molecular formula is C8H11Cl2N3OS. The smallest absolute Gasteiger partial charge is 0.272 e. The highest BCUT2D eigenvalue weighted by Crippen LogP contribution is 2.33. The van der Waals surface area contributed by atoms with E-state index in [-0.39, 0.29) is 22.5 Å². The van der Waals surface area contributed by atoms with Crippen molar-refractivity contribution in [3.63, 3.8) is 0 Å². The zero-order valence-electron chi connectivity index (χ0n) is 7.87. The molecule has 0 amide bonds. The standard InChI is InChI=1S/C8H11Cl2N3OS/c9-5-2-1-4(3-6(5)10)13-7(14)11-12-8(13)15/h4-6H,1-3H2,(H,11,14)(H,12,15). The molecule has 4 nitrogen and oxygen atoms in total. The van der Waals surface area contributed by atoms with Crippen LogP contribution in [-0.2, 0) is 0 Å². The first-order valence-corrected chi connectivity index (χ1v) is 6.05. The first-order chi connectivity index (χ1) is 7.09. The number of hydrogen-bond donors (Lipinski definition) is 2. The molecule has 3 atom stereocenters. The zero-order valence-corrected chi connectivity index (χ0v) is 10.2. The molecule has 0 radical (unpaired) electrons. The highest BCUT2D eigenvalue weighted by Gasteiger charge is 2.29. The molecule has 2 N–H and O–H groups in total.